The smallest absolute Gasteiger partial charge is 0.418 e. The summed E-state index contributed by atoms with van der Waals surface area (Å²) < 4.78 is 45.0. The molecule has 2 amide bonds. The molecule has 2 aromatic carbocycles. The summed E-state index contributed by atoms with van der Waals surface area (Å²) >= 11 is 0. The summed E-state index contributed by atoms with van der Waals surface area (Å²) in [6.45, 7) is 4.34. The largest absolute Gasteiger partial charge is 0.494 e. The monoisotopic (exact) mass is 463 g/mol. The Bertz CT molecular complexity index is 1020. The maximum absolute atomic E-state index is 13.2. The average molecular weight is 464 g/mol. The van der Waals surface area contributed by atoms with Crippen molar-refractivity contribution in [3.05, 3.63) is 59.9 Å². The minimum absolute atomic E-state index is 0.324. The van der Waals surface area contributed by atoms with Gasteiger partial charge < -0.3 is 20.8 Å². The molecule has 1 heterocycles. The average Bonchev–Trinajstić information content (AvgIpc) is 3.12. The number of hydrogen-bond donors (Lipinski definition) is 3. The van der Waals surface area contributed by atoms with Gasteiger partial charge in [0.25, 0.3) is 0 Å². The van der Waals surface area contributed by atoms with Crippen molar-refractivity contribution >= 4 is 23.1 Å². The molecular weight excluding hydrogens is 435 g/mol. The van der Waals surface area contributed by atoms with Crippen LogP contribution in [0.4, 0.5) is 35.0 Å². The number of halogens is 3. The van der Waals surface area contributed by atoms with Gasteiger partial charge in [-0.3, -0.25) is 5.01 Å². The molecule has 3 N–H and O–H groups in total. The van der Waals surface area contributed by atoms with E-state index in [1.165, 1.54) is 25.3 Å². The molecule has 0 spiro atoms. The van der Waals surface area contributed by atoms with E-state index in [9.17, 15) is 18.0 Å². The van der Waals surface area contributed by atoms with Crippen LogP contribution in [0.5, 0.6) is 5.75 Å². The Labute approximate surface area is 191 Å². The number of allylic oxidation sites excluding steroid dienone is 1. The quantitative estimate of drug-likeness (QED) is 0.484. The summed E-state index contributed by atoms with van der Waals surface area (Å²) in [5, 5.41) is 8.52. The number of carbonyl (C=O) groups is 1. The second-order valence-corrected chi connectivity index (χ2v) is 8.08. The van der Waals surface area contributed by atoms with E-state index in [0.717, 1.165) is 30.3 Å². The maximum Gasteiger partial charge on any atom is 0.418 e. The van der Waals surface area contributed by atoms with Crippen LogP contribution in [-0.2, 0) is 6.18 Å². The number of alkyl halides is 3. The second-order valence-electron chi connectivity index (χ2n) is 8.08. The van der Waals surface area contributed by atoms with Crippen LogP contribution >= 0.6 is 0 Å². The summed E-state index contributed by atoms with van der Waals surface area (Å²) in [4.78, 5) is 12.4. The topological polar surface area (TPSA) is 68.9 Å². The van der Waals surface area contributed by atoms with Crippen LogP contribution in [0.25, 0.3) is 0 Å². The van der Waals surface area contributed by atoms with Crippen molar-refractivity contribution in [2.45, 2.75) is 32.9 Å². The van der Waals surface area contributed by atoms with Crippen molar-refractivity contribution in [1.29, 1.82) is 0 Å². The third kappa shape index (κ3) is 6.10. The second kappa shape index (κ2) is 10.0. The molecule has 3 rings (SSSR count). The molecule has 0 radical (unpaired) electrons. The molecule has 7 nitrogen and oxygen atoms in total. The highest BCUT2D eigenvalue weighted by Crippen LogP contribution is 2.36. The fraction of sp³-hybridized carbons (Fsp3) is 0.348. The lowest BCUT2D eigenvalue weighted by Gasteiger charge is -2.26. The van der Waals surface area contributed by atoms with Gasteiger partial charge in [-0.15, -0.1) is 5.12 Å². The van der Waals surface area contributed by atoms with E-state index < -0.39 is 17.8 Å². The lowest BCUT2D eigenvalue weighted by Crippen LogP contribution is -2.39. The zero-order valence-corrected chi connectivity index (χ0v) is 19.0. The number of nitrogens with one attached hydrogen (secondary N) is 3. The van der Waals surface area contributed by atoms with Gasteiger partial charge in [0.15, 0.2) is 0 Å². The van der Waals surface area contributed by atoms with Crippen molar-refractivity contribution in [2.24, 2.45) is 5.92 Å². The number of methoxy groups -OCH3 is 1. The number of hydrogen-bond acceptors (Lipinski definition) is 5. The number of hydrazine groups is 2. The van der Waals surface area contributed by atoms with E-state index in [2.05, 4.69) is 29.9 Å². The first kappa shape index (κ1) is 24.2. The Hall–Kier alpha value is -3.40. The predicted molar refractivity (Wildman–Crippen MR) is 123 cm³/mol. The molecular formula is C23H28F3N5O2. The summed E-state index contributed by atoms with van der Waals surface area (Å²) in [5.41, 5.74) is 4.23. The van der Waals surface area contributed by atoms with Gasteiger partial charge in [0.1, 0.15) is 11.4 Å². The van der Waals surface area contributed by atoms with Gasteiger partial charge in [-0.2, -0.15) is 13.2 Å². The number of para-hydroxylation sites is 1. The van der Waals surface area contributed by atoms with Gasteiger partial charge in [0, 0.05) is 30.7 Å². The number of nitrogens with zero attached hydrogens (tertiary/aromatic N) is 2. The van der Waals surface area contributed by atoms with Gasteiger partial charge >= 0.3 is 12.2 Å². The van der Waals surface area contributed by atoms with Gasteiger partial charge in [0.2, 0.25) is 0 Å². The molecule has 10 heteroatoms. The highest BCUT2D eigenvalue weighted by molar-refractivity contribution is 6.00. The van der Waals surface area contributed by atoms with Crippen molar-refractivity contribution in [2.75, 3.05) is 29.8 Å². The molecule has 1 aliphatic heterocycles. The molecule has 0 aliphatic carbocycles. The summed E-state index contributed by atoms with van der Waals surface area (Å²) in [6, 6.07) is 9.03. The van der Waals surface area contributed by atoms with Crippen molar-refractivity contribution in [3.63, 3.8) is 0 Å². The molecule has 1 aliphatic rings. The maximum atomic E-state index is 13.2. The van der Waals surface area contributed by atoms with E-state index in [1.54, 1.807) is 18.2 Å². The normalized spacial score (nSPS) is 14.2. The van der Waals surface area contributed by atoms with Gasteiger partial charge in [-0.25, -0.2) is 4.79 Å². The first-order valence-corrected chi connectivity index (χ1v) is 10.5. The van der Waals surface area contributed by atoms with Crippen LogP contribution in [-0.4, -0.2) is 25.3 Å². The molecule has 0 unspecified atom stereocenters. The van der Waals surface area contributed by atoms with Crippen LogP contribution in [0.2, 0.25) is 0 Å². The van der Waals surface area contributed by atoms with Gasteiger partial charge in [-0.1, -0.05) is 26.0 Å². The molecule has 0 atom stereocenters. The predicted octanol–water partition coefficient (Wildman–Crippen LogP) is 5.81. The van der Waals surface area contributed by atoms with Crippen LogP contribution in [0.1, 0.15) is 32.3 Å². The highest BCUT2D eigenvalue weighted by atomic mass is 19.4. The molecule has 0 fully saturated rings. The fourth-order valence-electron chi connectivity index (χ4n) is 3.39. The summed E-state index contributed by atoms with van der Waals surface area (Å²) in [6.07, 6.45) is -0.646. The van der Waals surface area contributed by atoms with Gasteiger partial charge in [0.05, 0.1) is 18.4 Å². The third-order valence-corrected chi connectivity index (χ3v) is 5.06. The number of anilines is 3. The first-order valence-electron chi connectivity index (χ1n) is 10.5. The zero-order chi connectivity index (χ0) is 24.2. The van der Waals surface area contributed by atoms with Crippen LogP contribution in [0.3, 0.4) is 0 Å². The number of urea groups is 1. The Kier molecular flexibility index (Phi) is 7.37. The van der Waals surface area contributed by atoms with E-state index in [0.29, 0.717) is 17.4 Å². The third-order valence-electron chi connectivity index (χ3n) is 5.06. The lowest BCUT2D eigenvalue weighted by atomic mass is 10.1. The van der Waals surface area contributed by atoms with E-state index in [-0.39, 0.29) is 5.69 Å². The number of carbonyl (C=O) groups excluding carboxylic acids is 1. The number of rotatable bonds is 7. The van der Waals surface area contributed by atoms with E-state index in [1.807, 2.05) is 23.4 Å². The van der Waals surface area contributed by atoms with Crippen molar-refractivity contribution in [3.8, 4) is 5.75 Å². The number of amides is 2. The van der Waals surface area contributed by atoms with Crippen molar-refractivity contribution in [1.82, 2.24) is 10.5 Å². The summed E-state index contributed by atoms with van der Waals surface area (Å²) in [5.74, 6) is 1.07. The highest BCUT2D eigenvalue weighted by Gasteiger charge is 2.33. The first-order chi connectivity index (χ1) is 15.6. The van der Waals surface area contributed by atoms with E-state index >= 15 is 0 Å². The minimum Gasteiger partial charge on any atom is -0.494 e. The standard InChI is InChI=1S/C23H28F3N5O2/c1-15(2)9-10-17-14-31(30(3)29-17)20-12-11-16(13-21(20)33-4)27-22(32)28-19-8-6-5-7-18(19)23(24,25)26/h5-8,11-15,29H,9-10H2,1-4H3,(H2,27,28,32). The molecule has 0 saturated carbocycles. The fourth-order valence-corrected chi connectivity index (χ4v) is 3.39. The molecule has 0 aromatic heterocycles. The van der Waals surface area contributed by atoms with Crippen LogP contribution in [0.15, 0.2) is 54.4 Å². The number of ether oxygens (including phenoxy) is 1. The molecule has 2 aromatic rings. The molecule has 0 saturated heterocycles. The number of benzene rings is 2. The molecule has 33 heavy (non-hydrogen) atoms. The SMILES string of the molecule is COc1cc(NC(=O)Nc2ccccc2C(F)(F)F)ccc1N1C=C(CCC(C)C)NN1C. The zero-order valence-electron chi connectivity index (χ0n) is 19.0. The Morgan fingerprint density at radius 3 is 2.55 bits per heavy atom. The van der Waals surface area contributed by atoms with Crippen LogP contribution in [0, 0.1) is 5.92 Å². The molecule has 178 valence electrons. The molecule has 0 bridgehead atoms. The Morgan fingerprint density at radius 1 is 1.15 bits per heavy atom. The minimum atomic E-state index is -4.58. The van der Waals surface area contributed by atoms with E-state index in [4.69, 9.17) is 4.74 Å². The Morgan fingerprint density at radius 2 is 1.88 bits per heavy atom. The summed E-state index contributed by atoms with van der Waals surface area (Å²) in [7, 11) is 3.38. The van der Waals surface area contributed by atoms with Gasteiger partial charge in [-0.05, 0) is 43.0 Å². The van der Waals surface area contributed by atoms with Crippen molar-refractivity contribution < 1.29 is 22.7 Å². The Balaban J connectivity index is 1.74. The van der Waals surface area contributed by atoms with Crippen LogP contribution < -0.4 is 25.8 Å². The lowest BCUT2D eigenvalue weighted by molar-refractivity contribution is -0.136.